The van der Waals surface area contributed by atoms with Crippen LogP contribution < -0.4 is 4.90 Å². The van der Waals surface area contributed by atoms with Crippen molar-refractivity contribution in [3.05, 3.63) is 28.7 Å². The van der Waals surface area contributed by atoms with Gasteiger partial charge in [0.2, 0.25) is 5.91 Å². The van der Waals surface area contributed by atoms with Gasteiger partial charge in [-0.2, -0.15) is 4.99 Å². The predicted molar refractivity (Wildman–Crippen MR) is 99.8 cm³/mol. The van der Waals surface area contributed by atoms with Crippen LogP contribution in [0.5, 0.6) is 0 Å². The summed E-state index contributed by atoms with van der Waals surface area (Å²) in [5.74, 6) is -1.51. The summed E-state index contributed by atoms with van der Waals surface area (Å²) in [5.41, 5.74) is 0.747. The molecule has 3 rings (SSSR count). The van der Waals surface area contributed by atoms with Crippen molar-refractivity contribution in [2.24, 2.45) is 4.99 Å². The minimum absolute atomic E-state index is 0.0134. The van der Waals surface area contributed by atoms with E-state index in [4.69, 9.17) is 5.11 Å². The highest BCUT2D eigenvalue weighted by Gasteiger charge is 2.49. The number of fused-ring (bicyclic) bond motifs is 1. The third kappa shape index (κ3) is 4.24. The van der Waals surface area contributed by atoms with E-state index in [2.05, 4.69) is 20.9 Å². The number of carboxylic acid groups (broad SMARTS) is 1. The zero-order valence-corrected chi connectivity index (χ0v) is 16.2. The number of halogens is 1. The summed E-state index contributed by atoms with van der Waals surface area (Å²) in [5, 5.41) is 8.93. The maximum atomic E-state index is 12.0. The van der Waals surface area contributed by atoms with Crippen LogP contribution in [0.3, 0.4) is 0 Å². The Bertz CT molecular complexity index is 855. The molecule has 1 amide bonds. The maximum Gasteiger partial charge on any atom is 0.303 e. The van der Waals surface area contributed by atoms with Gasteiger partial charge in [0, 0.05) is 21.8 Å². The van der Waals surface area contributed by atoms with E-state index in [9.17, 15) is 18.0 Å². The Labute approximate surface area is 157 Å². The molecule has 0 saturated carbocycles. The zero-order chi connectivity index (χ0) is 18.2. The van der Waals surface area contributed by atoms with Gasteiger partial charge in [-0.05, 0) is 18.2 Å². The summed E-state index contributed by atoms with van der Waals surface area (Å²) in [6, 6.07) is 7.06. The number of hydrogen-bond acceptors (Lipinski definition) is 5. The molecule has 1 N–H and O–H groups in total. The molecular formula is C15H15BrN2O5S2. The van der Waals surface area contributed by atoms with E-state index in [-0.39, 0.29) is 35.6 Å². The molecule has 2 heterocycles. The van der Waals surface area contributed by atoms with Gasteiger partial charge in [0.25, 0.3) is 0 Å². The normalized spacial score (nSPS) is 26.0. The van der Waals surface area contributed by atoms with E-state index in [1.807, 2.05) is 24.3 Å². The van der Waals surface area contributed by atoms with Crippen molar-refractivity contribution < 1.29 is 23.1 Å². The molecule has 0 radical (unpaired) electrons. The minimum atomic E-state index is -3.12. The predicted octanol–water partition coefficient (Wildman–Crippen LogP) is 1.92. The lowest BCUT2D eigenvalue weighted by Gasteiger charge is -2.24. The first-order chi connectivity index (χ1) is 11.7. The van der Waals surface area contributed by atoms with Gasteiger partial charge in [0.1, 0.15) is 0 Å². The average molecular weight is 447 g/mol. The monoisotopic (exact) mass is 446 g/mol. The molecule has 2 aliphatic heterocycles. The van der Waals surface area contributed by atoms with Gasteiger partial charge in [0.15, 0.2) is 15.0 Å². The van der Waals surface area contributed by atoms with Gasteiger partial charge < -0.3 is 10.0 Å². The first-order valence-corrected chi connectivity index (χ1v) is 11.0. The Kier molecular flexibility index (Phi) is 5.21. The summed E-state index contributed by atoms with van der Waals surface area (Å²) in [7, 11) is -3.12. The number of nitrogens with zero attached hydrogens (tertiary/aromatic N) is 2. The van der Waals surface area contributed by atoms with Crippen LogP contribution >= 0.6 is 27.7 Å². The molecule has 2 fully saturated rings. The maximum absolute atomic E-state index is 12.0. The second kappa shape index (κ2) is 7.08. The molecule has 25 heavy (non-hydrogen) atoms. The first kappa shape index (κ1) is 18.4. The molecule has 2 atom stereocenters. The van der Waals surface area contributed by atoms with E-state index >= 15 is 0 Å². The summed E-state index contributed by atoms with van der Waals surface area (Å²) >= 11 is 4.66. The average Bonchev–Trinajstić information content (AvgIpc) is 2.96. The highest BCUT2D eigenvalue weighted by Crippen LogP contribution is 2.41. The smallest absolute Gasteiger partial charge is 0.303 e. The summed E-state index contributed by atoms with van der Waals surface area (Å²) < 4.78 is 24.8. The number of aliphatic imine (C=N–C) groups is 1. The number of carbonyl (C=O) groups is 2. The number of anilines is 1. The Morgan fingerprint density at radius 3 is 2.76 bits per heavy atom. The van der Waals surface area contributed by atoms with Crippen LogP contribution in [0.1, 0.15) is 12.8 Å². The fraction of sp³-hybridized carbons (Fsp3) is 0.400. The topological polar surface area (TPSA) is 104 Å². The lowest BCUT2D eigenvalue weighted by molar-refractivity contribution is -0.138. The van der Waals surface area contributed by atoms with Crippen LogP contribution in [-0.2, 0) is 19.4 Å². The van der Waals surface area contributed by atoms with Crippen molar-refractivity contribution >= 4 is 60.3 Å². The van der Waals surface area contributed by atoms with Gasteiger partial charge >= 0.3 is 5.97 Å². The Morgan fingerprint density at radius 2 is 2.08 bits per heavy atom. The molecule has 134 valence electrons. The Hall–Kier alpha value is -1.39. The van der Waals surface area contributed by atoms with Crippen LogP contribution in [0, 0.1) is 0 Å². The number of sulfone groups is 1. The van der Waals surface area contributed by atoms with Crippen molar-refractivity contribution in [1.82, 2.24) is 0 Å². The molecule has 1 aromatic carbocycles. The SMILES string of the molecule is O=C(O)CCC(=O)N=C1S[C@H]2CS(=O)(=O)C[C@@H]2N1c1cccc(Br)c1. The summed E-state index contributed by atoms with van der Waals surface area (Å²) in [6.07, 6.45) is -0.461. The van der Waals surface area contributed by atoms with Crippen LogP contribution in [0.2, 0.25) is 0 Å². The van der Waals surface area contributed by atoms with Crippen LogP contribution in [-0.4, -0.2) is 53.4 Å². The fourth-order valence-electron chi connectivity index (χ4n) is 2.87. The highest BCUT2D eigenvalue weighted by atomic mass is 79.9. The Balaban J connectivity index is 1.92. The van der Waals surface area contributed by atoms with Crippen molar-refractivity contribution in [3.63, 3.8) is 0 Å². The number of amidine groups is 1. The number of aliphatic carboxylic acids is 1. The number of carbonyl (C=O) groups excluding carboxylic acids is 1. The van der Waals surface area contributed by atoms with E-state index in [1.54, 1.807) is 4.90 Å². The molecule has 1 aromatic rings. The van der Waals surface area contributed by atoms with Crippen LogP contribution in [0.15, 0.2) is 33.7 Å². The van der Waals surface area contributed by atoms with Gasteiger partial charge in [-0.1, -0.05) is 33.8 Å². The molecule has 0 unspecified atom stereocenters. The minimum Gasteiger partial charge on any atom is -0.481 e. The highest BCUT2D eigenvalue weighted by molar-refractivity contribution is 9.10. The van der Waals surface area contributed by atoms with Gasteiger partial charge in [0.05, 0.1) is 24.0 Å². The van der Waals surface area contributed by atoms with Gasteiger partial charge in [-0.3, -0.25) is 9.59 Å². The van der Waals surface area contributed by atoms with E-state index < -0.39 is 21.7 Å². The summed E-state index contributed by atoms with van der Waals surface area (Å²) in [4.78, 5) is 28.4. The lowest BCUT2D eigenvalue weighted by Crippen LogP contribution is -2.37. The van der Waals surface area contributed by atoms with E-state index in [0.717, 1.165) is 10.2 Å². The van der Waals surface area contributed by atoms with Crippen LogP contribution in [0.4, 0.5) is 5.69 Å². The van der Waals surface area contributed by atoms with E-state index in [1.165, 1.54) is 11.8 Å². The number of benzene rings is 1. The first-order valence-electron chi connectivity index (χ1n) is 7.50. The molecule has 2 saturated heterocycles. The largest absolute Gasteiger partial charge is 0.481 e. The molecule has 0 spiro atoms. The fourth-order valence-corrected chi connectivity index (χ4v) is 7.19. The number of carboxylic acids is 1. The second-order valence-electron chi connectivity index (χ2n) is 5.83. The van der Waals surface area contributed by atoms with E-state index in [0.29, 0.717) is 5.17 Å². The zero-order valence-electron chi connectivity index (χ0n) is 13.0. The third-order valence-electron chi connectivity index (χ3n) is 3.93. The third-order valence-corrected chi connectivity index (χ3v) is 7.63. The molecule has 2 aliphatic rings. The summed E-state index contributed by atoms with van der Waals surface area (Å²) in [6.45, 7) is 0. The van der Waals surface area contributed by atoms with Crippen molar-refractivity contribution in [3.8, 4) is 0 Å². The molecular weight excluding hydrogens is 432 g/mol. The van der Waals surface area contributed by atoms with Crippen molar-refractivity contribution in [1.29, 1.82) is 0 Å². The quantitative estimate of drug-likeness (QED) is 0.752. The molecule has 0 bridgehead atoms. The number of rotatable bonds is 4. The molecule has 0 aliphatic carbocycles. The standard InChI is InChI=1S/C15H15BrN2O5S2/c16-9-2-1-3-10(6-9)18-11-7-25(22,23)8-12(11)24-15(18)17-13(19)4-5-14(20)21/h1-3,6,11-12H,4-5,7-8H2,(H,20,21)/t11-,12-/m0/s1. The second-order valence-corrected chi connectivity index (χ2v) is 10.1. The molecule has 10 heteroatoms. The van der Waals surface area contributed by atoms with Crippen molar-refractivity contribution in [2.75, 3.05) is 16.4 Å². The Morgan fingerprint density at radius 1 is 1.32 bits per heavy atom. The van der Waals surface area contributed by atoms with Gasteiger partial charge in [-0.25, -0.2) is 8.42 Å². The van der Waals surface area contributed by atoms with Crippen LogP contribution in [0.25, 0.3) is 0 Å². The number of thioether (sulfide) groups is 1. The van der Waals surface area contributed by atoms with Gasteiger partial charge in [-0.15, -0.1) is 0 Å². The number of amides is 1. The molecule has 0 aromatic heterocycles. The van der Waals surface area contributed by atoms with Crippen molar-refractivity contribution in [2.45, 2.75) is 24.1 Å². The number of hydrogen-bond donors (Lipinski definition) is 1. The molecule has 7 nitrogen and oxygen atoms in total. The lowest BCUT2D eigenvalue weighted by atomic mass is 10.2.